The van der Waals surface area contributed by atoms with Crippen molar-refractivity contribution in [3.05, 3.63) is 44.3 Å². The number of Topliss-reactive ketones (excluding diaryl/α,β-unsaturated/α-hetero) is 2. The van der Waals surface area contributed by atoms with Crippen molar-refractivity contribution in [2.24, 2.45) is 11.8 Å². The maximum absolute atomic E-state index is 12.2. The van der Waals surface area contributed by atoms with Crippen molar-refractivity contribution in [2.45, 2.75) is 26.7 Å². The first kappa shape index (κ1) is 38.3. The summed E-state index contributed by atoms with van der Waals surface area (Å²) in [4.78, 5) is 55.7. The zero-order chi connectivity index (χ0) is 30.4. The number of ether oxygens (including phenoxy) is 3. The number of carbonyl (C=O) groups is 4. The van der Waals surface area contributed by atoms with E-state index in [9.17, 15) is 19.2 Å². The summed E-state index contributed by atoms with van der Waals surface area (Å²) < 4.78 is 16.4. The second-order valence-corrected chi connectivity index (χ2v) is 11.8. The number of esters is 1. The van der Waals surface area contributed by atoms with Crippen LogP contribution in [0, 0.1) is 11.8 Å². The number of fused-ring (bicyclic) bond motifs is 2. The summed E-state index contributed by atoms with van der Waals surface area (Å²) in [6.45, 7) is 3.17. The van der Waals surface area contributed by atoms with Crippen LogP contribution in [-0.2, 0) is 14.3 Å². The third kappa shape index (κ3) is 9.61. The Balaban J connectivity index is 0.000000411. The van der Waals surface area contributed by atoms with Crippen molar-refractivity contribution in [3.63, 3.8) is 0 Å². The molecule has 4 aromatic heterocycles. The molecule has 2 N–H and O–H groups in total. The van der Waals surface area contributed by atoms with Crippen LogP contribution in [0.5, 0.6) is 11.5 Å². The first-order valence-electron chi connectivity index (χ1n) is 12.0. The Labute approximate surface area is 276 Å². The number of carboxylic acid groups (broad SMARTS) is 1. The van der Waals surface area contributed by atoms with Crippen LogP contribution in [0.25, 0.3) is 20.4 Å². The number of thiophene rings is 2. The molecule has 0 saturated heterocycles. The van der Waals surface area contributed by atoms with E-state index in [2.05, 4.69) is 14.7 Å². The molecule has 0 fully saturated rings. The van der Waals surface area contributed by atoms with E-state index in [4.69, 9.17) is 37.8 Å². The fourth-order valence-corrected chi connectivity index (χ4v) is 5.95. The standard InChI is InChI=1S/C14H14ClNO4S.C13H12ClNO4S.Li.H2O/c1-7(14(18)20-3)4-9(17)12-5-8-11(21-12)6-10(19-2)13(15)16-8;1-6(13(17)18)3-8(16)11-4-7-10(20-11)5-9(19-2)12(14)15-7;;/h5-7H,4H2,1-3H3;4-6H,3H2,1-2H3,(H,17,18);;1H2/q;;+1;/p-1/t7-;6-;;/m00../s1. The number of ketones is 2. The Morgan fingerprint density at radius 2 is 1.19 bits per heavy atom. The number of halogens is 2. The van der Waals surface area contributed by atoms with Gasteiger partial charge in [0.1, 0.15) is 0 Å². The summed E-state index contributed by atoms with van der Waals surface area (Å²) in [5.41, 5.74) is 1.24. The molecular weight excluding hydrogens is 638 g/mol. The van der Waals surface area contributed by atoms with Gasteiger partial charge in [0.2, 0.25) is 0 Å². The molecule has 0 amide bonds. The summed E-state index contributed by atoms with van der Waals surface area (Å²) in [7, 11) is 4.30. The van der Waals surface area contributed by atoms with Gasteiger partial charge in [0, 0.05) is 25.0 Å². The second kappa shape index (κ2) is 16.9. The van der Waals surface area contributed by atoms with E-state index < -0.39 is 23.8 Å². The molecule has 16 heteroatoms. The van der Waals surface area contributed by atoms with E-state index in [-0.39, 0.29) is 59.1 Å². The van der Waals surface area contributed by atoms with Crippen LogP contribution in [0.4, 0.5) is 0 Å². The van der Waals surface area contributed by atoms with E-state index in [0.29, 0.717) is 32.3 Å². The van der Waals surface area contributed by atoms with Crippen molar-refractivity contribution in [1.82, 2.24) is 9.97 Å². The Hall–Kier alpha value is -2.76. The van der Waals surface area contributed by atoms with Crippen LogP contribution >= 0.6 is 45.9 Å². The van der Waals surface area contributed by atoms with E-state index >= 15 is 0 Å². The summed E-state index contributed by atoms with van der Waals surface area (Å²) in [6, 6.07) is 6.77. The molecule has 2 atom stereocenters. The van der Waals surface area contributed by atoms with E-state index in [1.165, 1.54) is 50.9 Å². The third-order valence-electron chi connectivity index (χ3n) is 5.85. The molecule has 11 nitrogen and oxygen atoms in total. The molecule has 0 radical (unpaired) electrons. The number of aliphatic carboxylic acids is 1. The van der Waals surface area contributed by atoms with Crippen LogP contribution in [0.2, 0.25) is 10.3 Å². The monoisotopic (exact) mass is 664 g/mol. The van der Waals surface area contributed by atoms with Gasteiger partial charge in [0.05, 0.1) is 63.4 Å². The minimum Gasteiger partial charge on any atom is -0.870 e. The van der Waals surface area contributed by atoms with Gasteiger partial charge in [-0.25, -0.2) is 9.97 Å². The molecule has 0 aliphatic carbocycles. The SMILES string of the molecule is COC(=O)[C@@H](C)CC(=O)c1cc2nc(Cl)c(OC)cc2s1.COc1cc2sc(C(=O)C[C@H](C)C(=O)O)cc2nc1Cl.[Li+].[OH-]. The molecule has 0 aliphatic heterocycles. The van der Waals surface area contributed by atoms with E-state index in [1.807, 2.05) is 0 Å². The second-order valence-electron chi connectivity index (χ2n) is 8.87. The number of hydrogen-bond donors (Lipinski definition) is 1. The third-order valence-corrected chi connectivity index (χ3v) is 8.61. The van der Waals surface area contributed by atoms with Gasteiger partial charge in [0.25, 0.3) is 0 Å². The predicted molar refractivity (Wildman–Crippen MR) is 160 cm³/mol. The summed E-state index contributed by atoms with van der Waals surface area (Å²) in [5, 5.41) is 9.31. The number of aromatic nitrogens is 2. The van der Waals surface area contributed by atoms with Crippen molar-refractivity contribution < 1.29 is 62.8 Å². The first-order valence-corrected chi connectivity index (χ1v) is 14.4. The zero-order valence-corrected chi connectivity index (χ0v) is 27.2. The number of methoxy groups -OCH3 is 3. The van der Waals surface area contributed by atoms with Gasteiger partial charge in [-0.3, -0.25) is 19.2 Å². The zero-order valence-electron chi connectivity index (χ0n) is 24.1. The Morgan fingerprint density at radius 1 is 0.791 bits per heavy atom. The van der Waals surface area contributed by atoms with Crippen LogP contribution in [0.15, 0.2) is 24.3 Å². The maximum atomic E-state index is 12.2. The first-order chi connectivity index (χ1) is 19.4. The van der Waals surface area contributed by atoms with Crippen molar-refractivity contribution in [1.29, 1.82) is 0 Å². The number of hydrogen-bond acceptors (Lipinski definition) is 12. The molecule has 0 aliphatic rings. The molecule has 4 heterocycles. The van der Waals surface area contributed by atoms with Gasteiger partial charge < -0.3 is 24.8 Å². The molecule has 0 bridgehead atoms. The van der Waals surface area contributed by atoms with Crippen LogP contribution in [-0.4, -0.2) is 65.4 Å². The van der Waals surface area contributed by atoms with Crippen molar-refractivity contribution >= 4 is 89.8 Å². The van der Waals surface area contributed by atoms with E-state index in [0.717, 1.165) is 9.40 Å². The number of carboxylic acids is 1. The quantitative estimate of drug-likeness (QED) is 0.114. The molecule has 4 rings (SSSR count). The van der Waals surface area contributed by atoms with Crippen LogP contribution < -0.4 is 28.3 Å². The number of nitrogens with zero attached hydrogens (tertiary/aromatic N) is 2. The van der Waals surface area contributed by atoms with Gasteiger partial charge >= 0.3 is 30.8 Å². The van der Waals surface area contributed by atoms with Crippen LogP contribution in [0.3, 0.4) is 0 Å². The largest absolute Gasteiger partial charge is 1.00 e. The van der Waals surface area contributed by atoms with Gasteiger partial charge in [-0.15, -0.1) is 22.7 Å². The summed E-state index contributed by atoms with van der Waals surface area (Å²) in [5.74, 6) is -1.98. The van der Waals surface area contributed by atoms with E-state index in [1.54, 1.807) is 31.2 Å². The predicted octanol–water partition coefficient (Wildman–Crippen LogP) is 3.42. The molecule has 0 spiro atoms. The van der Waals surface area contributed by atoms with Crippen molar-refractivity contribution in [2.75, 3.05) is 21.3 Å². The minimum absolute atomic E-state index is 0. The Morgan fingerprint density at radius 3 is 1.53 bits per heavy atom. The molecule has 0 saturated carbocycles. The average molecular weight is 665 g/mol. The molecular formula is C27H27Cl2LiN2O9S2. The normalized spacial score (nSPS) is 11.7. The fraction of sp³-hybridized carbons (Fsp3) is 0.333. The van der Waals surface area contributed by atoms with Gasteiger partial charge in [-0.1, -0.05) is 37.0 Å². The number of rotatable bonds is 10. The number of carbonyl (C=O) groups excluding carboxylic acids is 3. The topological polar surface area (TPSA) is 172 Å². The molecule has 0 aromatic carbocycles. The van der Waals surface area contributed by atoms with Crippen molar-refractivity contribution in [3.8, 4) is 11.5 Å². The molecule has 226 valence electrons. The fourth-order valence-electron chi connectivity index (χ4n) is 3.54. The Bertz CT molecular complexity index is 1630. The minimum atomic E-state index is -0.984. The average Bonchev–Trinajstić information content (AvgIpc) is 3.55. The van der Waals surface area contributed by atoms with Gasteiger partial charge in [-0.2, -0.15) is 0 Å². The van der Waals surface area contributed by atoms with Gasteiger partial charge in [-0.05, 0) is 12.1 Å². The summed E-state index contributed by atoms with van der Waals surface area (Å²) in [6.07, 6.45) is 0.0668. The molecule has 43 heavy (non-hydrogen) atoms. The molecule has 4 aromatic rings. The van der Waals surface area contributed by atoms with Gasteiger partial charge in [0.15, 0.2) is 33.4 Å². The Kier molecular flexibility index (Phi) is 15.1. The number of pyridine rings is 2. The summed E-state index contributed by atoms with van der Waals surface area (Å²) >= 11 is 14.4. The maximum Gasteiger partial charge on any atom is 1.00 e. The smallest absolute Gasteiger partial charge is 0.870 e. The molecule has 0 unspecified atom stereocenters. The van der Waals surface area contributed by atoms with Crippen LogP contribution in [0.1, 0.15) is 46.0 Å².